The molecule has 4 nitrogen and oxygen atoms in total. The number of carbonyl (C=O) groups excluding carboxylic acids is 1. The number of benzene rings is 1. The van der Waals surface area contributed by atoms with E-state index >= 15 is 0 Å². The van der Waals surface area contributed by atoms with Gasteiger partial charge in [-0.2, -0.15) is 0 Å². The molecule has 0 bridgehead atoms. The molecule has 1 N–H and O–H groups in total. The van der Waals surface area contributed by atoms with Crippen LogP contribution in [-0.4, -0.2) is 28.6 Å². The zero-order valence-electron chi connectivity index (χ0n) is 15.4. The molecule has 25 heavy (non-hydrogen) atoms. The standard InChI is InChI=1S/C21H29N3O/c1-4-6-13-22-21(25)24(14-5-2)17-20-12-9-15-23(20)16-19-11-8-7-10-18(19)3/h5,7-12,15H,2,4,6,13-14,16-17H2,1,3H3,(H,22,25). The monoisotopic (exact) mass is 339 g/mol. The highest BCUT2D eigenvalue weighted by Gasteiger charge is 2.14. The van der Waals surface area contributed by atoms with Gasteiger partial charge in [0, 0.05) is 31.5 Å². The first kappa shape index (κ1) is 18.8. The van der Waals surface area contributed by atoms with Crippen LogP contribution in [0.1, 0.15) is 36.6 Å². The molecule has 0 aliphatic rings. The highest BCUT2D eigenvalue weighted by atomic mass is 16.2. The molecule has 0 saturated carbocycles. The van der Waals surface area contributed by atoms with Crippen LogP contribution in [0, 0.1) is 6.92 Å². The van der Waals surface area contributed by atoms with E-state index in [1.165, 1.54) is 11.1 Å². The van der Waals surface area contributed by atoms with Gasteiger partial charge in [0.2, 0.25) is 0 Å². The Balaban J connectivity index is 2.07. The summed E-state index contributed by atoms with van der Waals surface area (Å²) in [6, 6.07) is 12.5. The number of nitrogens with zero attached hydrogens (tertiary/aromatic N) is 2. The first-order valence-electron chi connectivity index (χ1n) is 8.98. The van der Waals surface area contributed by atoms with Crippen molar-refractivity contribution in [3.8, 4) is 0 Å². The summed E-state index contributed by atoms with van der Waals surface area (Å²) >= 11 is 0. The fourth-order valence-corrected chi connectivity index (χ4v) is 2.77. The summed E-state index contributed by atoms with van der Waals surface area (Å²) < 4.78 is 2.21. The Morgan fingerprint density at radius 2 is 2.08 bits per heavy atom. The van der Waals surface area contributed by atoms with Crippen molar-refractivity contribution in [3.63, 3.8) is 0 Å². The maximum atomic E-state index is 12.4. The van der Waals surface area contributed by atoms with Crippen LogP contribution in [0.2, 0.25) is 0 Å². The highest BCUT2D eigenvalue weighted by molar-refractivity contribution is 5.74. The molecule has 0 atom stereocenters. The van der Waals surface area contributed by atoms with Crippen LogP contribution in [0.3, 0.4) is 0 Å². The molecule has 134 valence electrons. The van der Waals surface area contributed by atoms with Gasteiger partial charge in [-0.25, -0.2) is 4.79 Å². The Morgan fingerprint density at radius 1 is 1.28 bits per heavy atom. The minimum Gasteiger partial charge on any atom is -0.345 e. The van der Waals surface area contributed by atoms with Crippen molar-refractivity contribution in [2.45, 2.75) is 39.8 Å². The number of amides is 2. The van der Waals surface area contributed by atoms with E-state index in [1.54, 1.807) is 11.0 Å². The van der Waals surface area contributed by atoms with Crippen molar-refractivity contribution >= 4 is 6.03 Å². The first-order valence-corrected chi connectivity index (χ1v) is 8.98. The van der Waals surface area contributed by atoms with E-state index in [0.29, 0.717) is 19.6 Å². The summed E-state index contributed by atoms with van der Waals surface area (Å²) in [5.74, 6) is 0. The van der Waals surface area contributed by atoms with E-state index in [9.17, 15) is 4.79 Å². The average Bonchev–Trinajstić information content (AvgIpc) is 3.03. The molecule has 0 radical (unpaired) electrons. The van der Waals surface area contributed by atoms with Crippen molar-refractivity contribution in [3.05, 3.63) is 72.1 Å². The van der Waals surface area contributed by atoms with E-state index in [4.69, 9.17) is 0 Å². The zero-order valence-corrected chi connectivity index (χ0v) is 15.4. The lowest BCUT2D eigenvalue weighted by Crippen LogP contribution is -2.40. The van der Waals surface area contributed by atoms with Crippen LogP contribution < -0.4 is 5.32 Å². The molecule has 1 aromatic heterocycles. The number of unbranched alkanes of at least 4 members (excludes halogenated alkanes) is 1. The fourth-order valence-electron chi connectivity index (χ4n) is 2.77. The second-order valence-corrected chi connectivity index (χ2v) is 6.31. The van der Waals surface area contributed by atoms with Gasteiger partial charge in [0.05, 0.1) is 6.54 Å². The third-order valence-corrected chi connectivity index (χ3v) is 4.32. The molecule has 0 saturated heterocycles. The topological polar surface area (TPSA) is 37.3 Å². The molecule has 0 fully saturated rings. The van der Waals surface area contributed by atoms with Gasteiger partial charge >= 0.3 is 6.03 Å². The minimum absolute atomic E-state index is 0.0306. The molecule has 0 aliphatic carbocycles. The minimum atomic E-state index is -0.0306. The SMILES string of the molecule is C=CCN(Cc1cccn1Cc1ccccc1C)C(=O)NCCCC. The molecule has 1 heterocycles. The highest BCUT2D eigenvalue weighted by Crippen LogP contribution is 2.13. The van der Waals surface area contributed by atoms with Gasteiger partial charge in [-0.05, 0) is 36.6 Å². The number of rotatable bonds is 9. The fraction of sp³-hybridized carbons (Fsp3) is 0.381. The molecule has 2 amide bonds. The quantitative estimate of drug-likeness (QED) is 0.535. The van der Waals surface area contributed by atoms with E-state index in [0.717, 1.165) is 25.1 Å². The number of hydrogen-bond donors (Lipinski definition) is 1. The maximum absolute atomic E-state index is 12.4. The van der Waals surface area contributed by atoms with Gasteiger partial charge < -0.3 is 14.8 Å². The summed E-state index contributed by atoms with van der Waals surface area (Å²) in [6.45, 7) is 10.7. The largest absolute Gasteiger partial charge is 0.345 e. The predicted octanol–water partition coefficient (Wildman–Crippen LogP) is 4.34. The van der Waals surface area contributed by atoms with Crippen molar-refractivity contribution in [1.82, 2.24) is 14.8 Å². The smallest absolute Gasteiger partial charge is 0.318 e. The number of carbonyl (C=O) groups is 1. The summed E-state index contributed by atoms with van der Waals surface area (Å²) in [6.07, 6.45) is 5.91. The van der Waals surface area contributed by atoms with Gasteiger partial charge in [-0.3, -0.25) is 0 Å². The predicted molar refractivity (Wildman–Crippen MR) is 104 cm³/mol. The number of hydrogen-bond acceptors (Lipinski definition) is 1. The van der Waals surface area contributed by atoms with Gasteiger partial charge in [0.15, 0.2) is 0 Å². The molecule has 1 aromatic carbocycles. The number of urea groups is 1. The summed E-state index contributed by atoms with van der Waals surface area (Å²) in [4.78, 5) is 14.2. The van der Waals surface area contributed by atoms with E-state index < -0.39 is 0 Å². The van der Waals surface area contributed by atoms with E-state index in [-0.39, 0.29) is 6.03 Å². The normalized spacial score (nSPS) is 10.5. The van der Waals surface area contributed by atoms with Crippen molar-refractivity contribution in [1.29, 1.82) is 0 Å². The number of aromatic nitrogens is 1. The van der Waals surface area contributed by atoms with Crippen molar-refractivity contribution in [2.24, 2.45) is 0 Å². The molecule has 4 heteroatoms. The number of aryl methyl sites for hydroxylation is 1. The third-order valence-electron chi connectivity index (χ3n) is 4.32. The Bertz CT molecular complexity index is 690. The first-order chi connectivity index (χ1) is 12.2. The Kier molecular flexibility index (Phi) is 7.33. The van der Waals surface area contributed by atoms with Crippen molar-refractivity contribution < 1.29 is 4.79 Å². The van der Waals surface area contributed by atoms with E-state index in [1.807, 2.05) is 6.07 Å². The lowest BCUT2D eigenvalue weighted by atomic mass is 10.1. The second-order valence-electron chi connectivity index (χ2n) is 6.31. The van der Waals surface area contributed by atoms with Crippen molar-refractivity contribution in [2.75, 3.05) is 13.1 Å². The van der Waals surface area contributed by atoms with Gasteiger partial charge in [0.25, 0.3) is 0 Å². The van der Waals surface area contributed by atoms with Gasteiger partial charge in [-0.15, -0.1) is 6.58 Å². The molecule has 0 aliphatic heterocycles. The molecule has 0 spiro atoms. The summed E-state index contributed by atoms with van der Waals surface area (Å²) in [5, 5.41) is 2.99. The third kappa shape index (κ3) is 5.52. The van der Waals surface area contributed by atoms with Crippen LogP contribution in [0.5, 0.6) is 0 Å². The summed E-state index contributed by atoms with van der Waals surface area (Å²) in [5.41, 5.74) is 3.70. The summed E-state index contributed by atoms with van der Waals surface area (Å²) in [7, 11) is 0. The van der Waals surface area contributed by atoms with Crippen LogP contribution in [-0.2, 0) is 13.1 Å². The van der Waals surface area contributed by atoms with Crippen LogP contribution in [0.4, 0.5) is 4.79 Å². The second kappa shape index (κ2) is 9.72. The Morgan fingerprint density at radius 3 is 2.80 bits per heavy atom. The van der Waals surface area contributed by atoms with Crippen LogP contribution in [0.25, 0.3) is 0 Å². The molecule has 0 unspecified atom stereocenters. The average molecular weight is 339 g/mol. The molecular formula is C21H29N3O. The molecular weight excluding hydrogens is 310 g/mol. The Labute approximate surface area is 151 Å². The molecule has 2 aromatic rings. The van der Waals surface area contributed by atoms with Gasteiger partial charge in [-0.1, -0.05) is 43.7 Å². The zero-order chi connectivity index (χ0) is 18.1. The number of nitrogens with one attached hydrogen (secondary N) is 1. The van der Waals surface area contributed by atoms with Gasteiger partial charge in [0.1, 0.15) is 0 Å². The van der Waals surface area contributed by atoms with Crippen LogP contribution in [0.15, 0.2) is 55.3 Å². The lowest BCUT2D eigenvalue weighted by Gasteiger charge is -2.23. The molecule has 2 rings (SSSR count). The Hall–Kier alpha value is -2.49. The van der Waals surface area contributed by atoms with Crippen LogP contribution >= 0.6 is 0 Å². The maximum Gasteiger partial charge on any atom is 0.318 e. The van der Waals surface area contributed by atoms with E-state index in [2.05, 4.69) is 66.8 Å². The lowest BCUT2D eigenvalue weighted by molar-refractivity contribution is 0.199.